The minimum atomic E-state index is -0.786. The number of methoxy groups -OCH3 is 1. The van der Waals surface area contributed by atoms with E-state index in [9.17, 15) is 5.11 Å². The lowest BCUT2D eigenvalue weighted by Gasteiger charge is -2.34. The monoisotopic (exact) mass is 285 g/mol. The number of hydrogen-bond acceptors (Lipinski definition) is 3. The molecule has 0 bridgehead atoms. The van der Waals surface area contributed by atoms with Crippen LogP contribution in [-0.2, 0) is 5.60 Å². The largest absolute Gasteiger partial charge is 0.497 e. The molecule has 1 heterocycles. The zero-order valence-corrected chi connectivity index (χ0v) is 10.9. The summed E-state index contributed by atoms with van der Waals surface area (Å²) in [4.78, 5) is 0. The molecule has 1 aromatic carbocycles. The fraction of sp³-hybridized carbons (Fsp3) is 0.500. The quantitative estimate of drug-likeness (QED) is 0.874. The molecule has 0 radical (unpaired) electrons. The molecular formula is C12H16BrNO2. The Morgan fingerprint density at radius 2 is 2.31 bits per heavy atom. The van der Waals surface area contributed by atoms with Crippen molar-refractivity contribution in [2.45, 2.75) is 18.4 Å². The van der Waals surface area contributed by atoms with Gasteiger partial charge in [-0.1, -0.05) is 15.9 Å². The van der Waals surface area contributed by atoms with Crippen molar-refractivity contribution < 1.29 is 9.84 Å². The van der Waals surface area contributed by atoms with Gasteiger partial charge in [-0.15, -0.1) is 0 Å². The summed E-state index contributed by atoms with van der Waals surface area (Å²) < 4.78 is 6.12. The van der Waals surface area contributed by atoms with Gasteiger partial charge in [0.1, 0.15) is 11.4 Å². The molecular weight excluding hydrogens is 270 g/mol. The van der Waals surface area contributed by atoms with Gasteiger partial charge in [-0.25, -0.2) is 0 Å². The van der Waals surface area contributed by atoms with Crippen LogP contribution in [0.3, 0.4) is 0 Å². The Hall–Kier alpha value is -0.580. The standard InChI is InChI=1S/C12H16BrNO2/c1-16-9-3-4-11(13)10(7-9)12(15)5-2-6-14-8-12/h3-4,7,14-15H,2,5-6,8H2,1H3. The second kappa shape index (κ2) is 4.73. The highest BCUT2D eigenvalue weighted by Gasteiger charge is 2.33. The van der Waals surface area contributed by atoms with Gasteiger partial charge in [-0.05, 0) is 37.6 Å². The Kier molecular flexibility index (Phi) is 3.52. The molecule has 1 unspecified atom stereocenters. The van der Waals surface area contributed by atoms with Gasteiger partial charge in [0.25, 0.3) is 0 Å². The van der Waals surface area contributed by atoms with Crippen molar-refractivity contribution in [3.8, 4) is 5.75 Å². The molecule has 3 nitrogen and oxygen atoms in total. The fourth-order valence-corrected chi connectivity index (χ4v) is 2.72. The number of β-amino-alcohol motifs (C(OH)–C–C–N with tert-alkyl or cyclic N) is 1. The number of hydrogen-bond donors (Lipinski definition) is 2. The first kappa shape index (κ1) is 11.9. The van der Waals surface area contributed by atoms with Crippen LogP contribution in [0.15, 0.2) is 22.7 Å². The topological polar surface area (TPSA) is 41.5 Å². The highest BCUT2D eigenvalue weighted by molar-refractivity contribution is 9.10. The predicted octanol–water partition coefficient (Wildman–Crippen LogP) is 2.03. The summed E-state index contributed by atoms with van der Waals surface area (Å²) in [6, 6.07) is 5.70. The molecule has 1 aliphatic heterocycles. The molecule has 16 heavy (non-hydrogen) atoms. The number of rotatable bonds is 2. The average Bonchev–Trinajstić information content (AvgIpc) is 2.30. The third kappa shape index (κ3) is 2.24. The zero-order valence-electron chi connectivity index (χ0n) is 9.29. The minimum Gasteiger partial charge on any atom is -0.497 e. The lowest BCUT2D eigenvalue weighted by Crippen LogP contribution is -2.43. The van der Waals surface area contributed by atoms with Gasteiger partial charge < -0.3 is 15.2 Å². The maximum absolute atomic E-state index is 10.6. The Bertz CT molecular complexity index is 375. The third-order valence-corrected chi connectivity index (χ3v) is 3.73. The van der Waals surface area contributed by atoms with Crippen LogP contribution in [0.25, 0.3) is 0 Å². The summed E-state index contributed by atoms with van der Waals surface area (Å²) >= 11 is 3.49. The smallest absolute Gasteiger partial charge is 0.119 e. The number of halogens is 1. The molecule has 0 amide bonds. The first-order valence-corrected chi connectivity index (χ1v) is 6.22. The van der Waals surface area contributed by atoms with Crippen LogP contribution in [-0.4, -0.2) is 25.3 Å². The number of nitrogens with one attached hydrogen (secondary N) is 1. The van der Waals surface area contributed by atoms with Gasteiger partial charge in [0.2, 0.25) is 0 Å². The van der Waals surface area contributed by atoms with Crippen LogP contribution < -0.4 is 10.1 Å². The second-order valence-corrected chi connectivity index (χ2v) is 5.01. The Balaban J connectivity index is 2.37. The first-order valence-electron chi connectivity index (χ1n) is 5.43. The van der Waals surface area contributed by atoms with E-state index in [1.54, 1.807) is 7.11 Å². The number of aliphatic hydroxyl groups is 1. The number of piperidine rings is 1. The molecule has 0 saturated carbocycles. The van der Waals surface area contributed by atoms with E-state index in [1.807, 2.05) is 18.2 Å². The second-order valence-electron chi connectivity index (χ2n) is 4.16. The molecule has 88 valence electrons. The van der Waals surface area contributed by atoms with Crippen LogP contribution in [0.1, 0.15) is 18.4 Å². The van der Waals surface area contributed by atoms with E-state index >= 15 is 0 Å². The van der Waals surface area contributed by atoms with Crippen molar-refractivity contribution in [3.63, 3.8) is 0 Å². The first-order chi connectivity index (χ1) is 7.65. The van der Waals surface area contributed by atoms with Crippen molar-refractivity contribution in [2.75, 3.05) is 20.2 Å². The lowest BCUT2D eigenvalue weighted by molar-refractivity contribution is 0.0115. The van der Waals surface area contributed by atoms with E-state index in [-0.39, 0.29) is 0 Å². The molecule has 1 saturated heterocycles. The van der Waals surface area contributed by atoms with Crippen LogP contribution >= 0.6 is 15.9 Å². The summed E-state index contributed by atoms with van der Waals surface area (Å²) in [5.41, 5.74) is 0.116. The Morgan fingerprint density at radius 1 is 1.50 bits per heavy atom. The van der Waals surface area contributed by atoms with E-state index in [0.717, 1.165) is 35.2 Å². The SMILES string of the molecule is COc1ccc(Br)c(C2(O)CCCNC2)c1. The van der Waals surface area contributed by atoms with Crippen molar-refractivity contribution >= 4 is 15.9 Å². The molecule has 0 aromatic heterocycles. The van der Waals surface area contributed by atoms with E-state index in [0.29, 0.717) is 6.54 Å². The van der Waals surface area contributed by atoms with Gasteiger partial charge in [0, 0.05) is 16.6 Å². The van der Waals surface area contributed by atoms with Crippen molar-refractivity contribution in [3.05, 3.63) is 28.2 Å². The van der Waals surface area contributed by atoms with Crippen LogP contribution in [0.2, 0.25) is 0 Å². The molecule has 1 atom stereocenters. The molecule has 1 aliphatic rings. The van der Waals surface area contributed by atoms with Crippen LogP contribution in [0, 0.1) is 0 Å². The fourth-order valence-electron chi connectivity index (χ4n) is 2.11. The number of benzene rings is 1. The Morgan fingerprint density at radius 3 is 2.94 bits per heavy atom. The van der Waals surface area contributed by atoms with Crippen molar-refractivity contribution in [2.24, 2.45) is 0 Å². The van der Waals surface area contributed by atoms with Gasteiger partial charge in [0.05, 0.1) is 7.11 Å². The summed E-state index contributed by atoms with van der Waals surface area (Å²) in [7, 11) is 1.64. The molecule has 1 aromatic rings. The van der Waals surface area contributed by atoms with Gasteiger partial charge in [0.15, 0.2) is 0 Å². The van der Waals surface area contributed by atoms with E-state index in [4.69, 9.17) is 4.74 Å². The normalized spacial score (nSPS) is 25.4. The van der Waals surface area contributed by atoms with Crippen molar-refractivity contribution in [1.82, 2.24) is 5.32 Å². The zero-order chi connectivity index (χ0) is 11.6. The van der Waals surface area contributed by atoms with Crippen molar-refractivity contribution in [1.29, 1.82) is 0 Å². The summed E-state index contributed by atoms with van der Waals surface area (Å²) in [6.45, 7) is 1.57. The lowest BCUT2D eigenvalue weighted by atomic mass is 9.86. The molecule has 2 N–H and O–H groups in total. The summed E-state index contributed by atoms with van der Waals surface area (Å²) in [6.07, 6.45) is 1.77. The molecule has 0 aliphatic carbocycles. The number of ether oxygens (including phenoxy) is 1. The van der Waals surface area contributed by atoms with E-state index in [2.05, 4.69) is 21.2 Å². The highest BCUT2D eigenvalue weighted by Crippen LogP contribution is 2.35. The minimum absolute atomic E-state index is 0.596. The van der Waals surface area contributed by atoms with Gasteiger partial charge in [-0.3, -0.25) is 0 Å². The molecule has 0 spiro atoms. The van der Waals surface area contributed by atoms with E-state index < -0.39 is 5.60 Å². The maximum atomic E-state index is 10.6. The Labute approximate surface area is 104 Å². The van der Waals surface area contributed by atoms with Gasteiger partial charge >= 0.3 is 0 Å². The molecule has 2 rings (SSSR count). The maximum Gasteiger partial charge on any atom is 0.119 e. The van der Waals surface area contributed by atoms with Gasteiger partial charge in [-0.2, -0.15) is 0 Å². The summed E-state index contributed by atoms with van der Waals surface area (Å²) in [5.74, 6) is 0.775. The van der Waals surface area contributed by atoms with Crippen LogP contribution in [0.4, 0.5) is 0 Å². The summed E-state index contributed by atoms with van der Waals surface area (Å²) in [5, 5.41) is 13.8. The molecule has 4 heteroatoms. The highest BCUT2D eigenvalue weighted by atomic mass is 79.9. The average molecular weight is 286 g/mol. The third-order valence-electron chi connectivity index (χ3n) is 3.04. The predicted molar refractivity (Wildman–Crippen MR) is 66.7 cm³/mol. The molecule has 1 fully saturated rings. The van der Waals surface area contributed by atoms with Crippen LogP contribution in [0.5, 0.6) is 5.75 Å². The van der Waals surface area contributed by atoms with E-state index in [1.165, 1.54) is 0 Å².